The first-order valence-corrected chi connectivity index (χ1v) is 7.26. The molecule has 1 N–H and O–H groups in total. The molecule has 0 radical (unpaired) electrons. The fourth-order valence-electron chi connectivity index (χ4n) is 1.46. The van der Waals surface area contributed by atoms with Gasteiger partial charge in [-0.25, -0.2) is 21.6 Å². The predicted octanol–water partition coefficient (Wildman–Crippen LogP) is 2.34. The summed E-state index contributed by atoms with van der Waals surface area (Å²) in [6, 6.07) is 1.07. The van der Waals surface area contributed by atoms with E-state index in [4.69, 9.17) is 0 Å². The largest absolute Gasteiger partial charge is 0.379 e. The van der Waals surface area contributed by atoms with Gasteiger partial charge in [-0.1, -0.05) is 6.92 Å². The summed E-state index contributed by atoms with van der Waals surface area (Å²) in [5, 5.41) is 2.33. The van der Waals surface area contributed by atoms with E-state index in [1.165, 1.54) is 0 Å². The number of anilines is 1. The number of sulfone groups is 1. The summed E-state index contributed by atoms with van der Waals surface area (Å²) >= 11 is 0. The normalized spacial score (nSPS) is 11.6. The lowest BCUT2D eigenvalue weighted by atomic mass is 10.3. The first-order valence-electron chi connectivity index (χ1n) is 5.44. The van der Waals surface area contributed by atoms with E-state index in [1.807, 2.05) is 0 Å². The van der Waals surface area contributed by atoms with E-state index in [0.29, 0.717) is 18.6 Å². The summed E-state index contributed by atoms with van der Waals surface area (Å²) in [7, 11) is -3.22. The van der Waals surface area contributed by atoms with E-state index in [-0.39, 0.29) is 18.1 Å². The Morgan fingerprint density at radius 2 is 1.67 bits per heavy atom. The van der Waals surface area contributed by atoms with Crippen molar-refractivity contribution in [2.24, 2.45) is 0 Å². The smallest absolute Gasteiger partial charge is 0.152 e. The van der Waals surface area contributed by atoms with Gasteiger partial charge in [0.1, 0.15) is 11.5 Å². The molecule has 3 nitrogen and oxygen atoms in total. The SMILES string of the molecule is CCCS(=O)(=O)CCNc1c(F)cc(F)cc1F. The maximum absolute atomic E-state index is 13.2. The Bertz CT molecular complexity index is 494. The number of nitrogens with one attached hydrogen (secondary N) is 1. The van der Waals surface area contributed by atoms with Crippen molar-refractivity contribution in [3.63, 3.8) is 0 Å². The molecule has 18 heavy (non-hydrogen) atoms. The maximum Gasteiger partial charge on any atom is 0.152 e. The van der Waals surface area contributed by atoms with Crippen molar-refractivity contribution in [2.45, 2.75) is 13.3 Å². The maximum atomic E-state index is 13.2. The average Bonchev–Trinajstić information content (AvgIpc) is 2.21. The minimum absolute atomic E-state index is 0.0308. The zero-order valence-electron chi connectivity index (χ0n) is 9.84. The number of halogens is 3. The molecular weight excluding hydrogens is 267 g/mol. The summed E-state index contributed by atoms with van der Waals surface area (Å²) in [5.74, 6) is -3.38. The molecule has 0 saturated heterocycles. The van der Waals surface area contributed by atoms with Gasteiger partial charge in [0.05, 0.1) is 5.75 Å². The number of hydrogen-bond acceptors (Lipinski definition) is 3. The second kappa shape index (κ2) is 6.08. The molecule has 0 aromatic heterocycles. The number of rotatable bonds is 6. The zero-order valence-corrected chi connectivity index (χ0v) is 10.7. The van der Waals surface area contributed by atoms with Crippen molar-refractivity contribution in [3.05, 3.63) is 29.6 Å². The monoisotopic (exact) mass is 281 g/mol. The van der Waals surface area contributed by atoms with Crippen LogP contribution in [-0.2, 0) is 9.84 Å². The lowest BCUT2D eigenvalue weighted by molar-refractivity contribution is 0.547. The van der Waals surface area contributed by atoms with Gasteiger partial charge in [0.15, 0.2) is 21.5 Å². The molecule has 102 valence electrons. The Morgan fingerprint density at radius 1 is 1.11 bits per heavy atom. The van der Waals surface area contributed by atoms with Crippen molar-refractivity contribution in [1.29, 1.82) is 0 Å². The summed E-state index contributed by atoms with van der Waals surface area (Å²) in [6.45, 7) is 1.60. The van der Waals surface area contributed by atoms with Crippen LogP contribution in [0.3, 0.4) is 0 Å². The Morgan fingerprint density at radius 3 is 2.17 bits per heavy atom. The minimum Gasteiger partial charge on any atom is -0.379 e. The van der Waals surface area contributed by atoms with Gasteiger partial charge >= 0.3 is 0 Å². The van der Waals surface area contributed by atoms with Gasteiger partial charge in [-0.3, -0.25) is 0 Å². The van der Waals surface area contributed by atoms with Crippen molar-refractivity contribution in [2.75, 3.05) is 23.4 Å². The van der Waals surface area contributed by atoms with E-state index in [1.54, 1.807) is 6.92 Å². The summed E-state index contributed by atoms with van der Waals surface area (Å²) < 4.78 is 61.7. The second-order valence-electron chi connectivity index (χ2n) is 3.82. The topological polar surface area (TPSA) is 46.2 Å². The van der Waals surface area contributed by atoms with Gasteiger partial charge in [0.2, 0.25) is 0 Å². The van der Waals surface area contributed by atoms with Crippen molar-refractivity contribution in [1.82, 2.24) is 0 Å². The highest BCUT2D eigenvalue weighted by Gasteiger charge is 2.13. The van der Waals surface area contributed by atoms with Crippen molar-refractivity contribution < 1.29 is 21.6 Å². The molecule has 0 heterocycles. The Balaban J connectivity index is 2.65. The molecule has 0 saturated carbocycles. The van der Waals surface area contributed by atoms with Crippen LogP contribution in [0.25, 0.3) is 0 Å². The predicted molar refractivity (Wildman–Crippen MR) is 63.8 cm³/mol. The highest BCUT2D eigenvalue weighted by molar-refractivity contribution is 7.91. The minimum atomic E-state index is -3.22. The number of benzene rings is 1. The molecule has 0 aliphatic carbocycles. The Kier molecular flexibility index (Phi) is 5.01. The van der Waals surface area contributed by atoms with E-state index in [0.717, 1.165) is 0 Å². The molecular formula is C11H14F3NO2S. The Hall–Kier alpha value is -1.24. The quantitative estimate of drug-likeness (QED) is 0.870. The lowest BCUT2D eigenvalue weighted by Crippen LogP contribution is -2.19. The van der Waals surface area contributed by atoms with E-state index in [9.17, 15) is 21.6 Å². The average molecular weight is 281 g/mol. The molecule has 7 heteroatoms. The van der Waals surface area contributed by atoms with Gasteiger partial charge in [-0.05, 0) is 6.42 Å². The molecule has 0 atom stereocenters. The van der Waals surface area contributed by atoms with Crippen LogP contribution in [0.15, 0.2) is 12.1 Å². The molecule has 1 aromatic carbocycles. The number of hydrogen-bond donors (Lipinski definition) is 1. The summed E-state index contributed by atoms with van der Waals surface area (Å²) in [4.78, 5) is 0. The molecule has 1 aromatic rings. The Labute approximate surface area is 104 Å². The highest BCUT2D eigenvalue weighted by atomic mass is 32.2. The standard InChI is InChI=1S/C11H14F3NO2S/c1-2-4-18(16,17)5-3-15-11-9(13)6-8(12)7-10(11)14/h6-7,15H,2-5H2,1H3. The molecule has 0 fully saturated rings. The van der Waals surface area contributed by atoms with E-state index < -0.39 is 33.0 Å². The first kappa shape index (κ1) is 14.8. The van der Waals surface area contributed by atoms with E-state index >= 15 is 0 Å². The fraction of sp³-hybridized carbons (Fsp3) is 0.455. The highest BCUT2D eigenvalue weighted by Crippen LogP contribution is 2.19. The molecule has 0 aliphatic heterocycles. The van der Waals surface area contributed by atoms with Crippen LogP contribution in [0.1, 0.15) is 13.3 Å². The molecule has 0 amide bonds. The lowest BCUT2D eigenvalue weighted by Gasteiger charge is -2.09. The second-order valence-corrected chi connectivity index (χ2v) is 6.13. The van der Waals surface area contributed by atoms with Crippen LogP contribution in [0.2, 0.25) is 0 Å². The van der Waals surface area contributed by atoms with Crippen LogP contribution >= 0.6 is 0 Å². The van der Waals surface area contributed by atoms with Crippen LogP contribution in [0.5, 0.6) is 0 Å². The van der Waals surface area contributed by atoms with Crippen LogP contribution in [-0.4, -0.2) is 26.5 Å². The van der Waals surface area contributed by atoms with Gasteiger partial charge in [0, 0.05) is 24.4 Å². The van der Waals surface area contributed by atoms with Gasteiger partial charge < -0.3 is 5.32 Å². The fourth-order valence-corrected chi connectivity index (χ4v) is 2.69. The summed E-state index contributed by atoms with van der Waals surface area (Å²) in [6.07, 6.45) is 0.488. The molecule has 1 rings (SSSR count). The zero-order chi connectivity index (χ0) is 13.8. The van der Waals surface area contributed by atoms with Crippen molar-refractivity contribution in [3.8, 4) is 0 Å². The third kappa shape index (κ3) is 4.21. The molecule has 0 unspecified atom stereocenters. The molecule has 0 bridgehead atoms. The van der Waals surface area contributed by atoms with Gasteiger partial charge in [-0.2, -0.15) is 0 Å². The van der Waals surface area contributed by atoms with Crippen LogP contribution in [0, 0.1) is 17.5 Å². The van der Waals surface area contributed by atoms with Crippen LogP contribution in [0.4, 0.5) is 18.9 Å². The third-order valence-corrected chi connectivity index (χ3v) is 4.09. The van der Waals surface area contributed by atoms with Crippen LogP contribution < -0.4 is 5.32 Å². The molecule has 0 aliphatic rings. The third-order valence-electron chi connectivity index (χ3n) is 2.24. The summed E-state index contributed by atoms with van der Waals surface area (Å²) in [5.41, 5.74) is -0.511. The molecule has 0 spiro atoms. The van der Waals surface area contributed by atoms with E-state index in [2.05, 4.69) is 5.32 Å². The van der Waals surface area contributed by atoms with Gasteiger partial charge in [-0.15, -0.1) is 0 Å². The first-order chi connectivity index (χ1) is 8.35. The van der Waals surface area contributed by atoms with Gasteiger partial charge in [0.25, 0.3) is 0 Å². The van der Waals surface area contributed by atoms with Crippen molar-refractivity contribution >= 4 is 15.5 Å².